The minimum Gasteiger partial charge on any atom is -0.385 e. The topological polar surface area (TPSA) is 91.7 Å². The third-order valence-corrected chi connectivity index (χ3v) is 3.04. The van der Waals surface area contributed by atoms with Crippen LogP contribution in [0.2, 0.25) is 0 Å². The van der Waals surface area contributed by atoms with Gasteiger partial charge in [-0.2, -0.15) is 0 Å². The van der Waals surface area contributed by atoms with E-state index in [-0.39, 0.29) is 0 Å². The molecule has 0 aliphatic rings. The number of rotatable bonds is 3. The number of anilines is 1. The molecule has 0 fully saturated rings. The molecule has 3 rings (SSSR count). The van der Waals surface area contributed by atoms with E-state index in [0.29, 0.717) is 23.5 Å². The Labute approximate surface area is 109 Å². The molecule has 2 heterocycles. The van der Waals surface area contributed by atoms with E-state index < -0.39 is 6.10 Å². The number of imidazole rings is 1. The lowest BCUT2D eigenvalue weighted by Crippen LogP contribution is -2.38. The highest BCUT2D eigenvalue weighted by Crippen LogP contribution is 2.14. The number of aliphatic hydroxyl groups is 1. The molecule has 0 radical (unpaired) electrons. The third-order valence-electron chi connectivity index (χ3n) is 3.04. The van der Waals surface area contributed by atoms with E-state index in [9.17, 15) is 5.11 Å². The van der Waals surface area contributed by atoms with Crippen molar-refractivity contribution >= 4 is 17.0 Å². The number of benzene rings is 1. The molecule has 1 unspecified atom stereocenters. The monoisotopic (exact) mass is 256 g/mol. The second-order valence-electron chi connectivity index (χ2n) is 4.31. The Morgan fingerprint density at radius 2 is 2.05 bits per heavy atom. The Morgan fingerprint density at radius 1 is 1.26 bits per heavy atom. The SMILES string of the molecule is Nc1nc[n+](CC(O)c2ccccc2)c2nc[nH]c12. The Bertz CT molecular complexity index is 695. The van der Waals surface area contributed by atoms with Crippen LogP contribution in [0.3, 0.4) is 0 Å². The largest absolute Gasteiger partial charge is 0.385 e. The molecule has 0 saturated heterocycles. The van der Waals surface area contributed by atoms with Gasteiger partial charge >= 0.3 is 0 Å². The molecule has 0 spiro atoms. The predicted octanol–water partition coefficient (Wildman–Crippen LogP) is 0.561. The number of aromatic nitrogens is 4. The maximum Gasteiger partial charge on any atom is 0.293 e. The number of nitrogens with one attached hydrogen (secondary N) is 1. The minimum atomic E-state index is -0.614. The molecule has 0 saturated carbocycles. The van der Waals surface area contributed by atoms with Gasteiger partial charge in [-0.3, -0.25) is 0 Å². The Hall–Kier alpha value is -2.47. The first kappa shape index (κ1) is 11.6. The van der Waals surface area contributed by atoms with Crippen LogP contribution in [0, 0.1) is 0 Å². The average Bonchev–Trinajstić information content (AvgIpc) is 2.93. The van der Waals surface area contributed by atoms with Gasteiger partial charge < -0.3 is 15.8 Å². The number of H-pyrrole nitrogens is 1. The van der Waals surface area contributed by atoms with Crippen LogP contribution in [-0.4, -0.2) is 20.1 Å². The van der Waals surface area contributed by atoms with Crippen molar-refractivity contribution in [2.24, 2.45) is 0 Å². The lowest BCUT2D eigenvalue weighted by molar-refractivity contribution is -0.684. The van der Waals surface area contributed by atoms with Gasteiger partial charge in [0.15, 0.2) is 11.8 Å². The van der Waals surface area contributed by atoms with Crippen LogP contribution < -0.4 is 10.3 Å². The number of fused-ring (bicyclic) bond motifs is 1. The predicted molar refractivity (Wildman–Crippen MR) is 69.9 cm³/mol. The summed E-state index contributed by atoms with van der Waals surface area (Å²) in [6.07, 6.45) is 2.54. The molecule has 19 heavy (non-hydrogen) atoms. The standard InChI is InChI=1S/C13H13N5O/c14-12-11-13(16-7-15-11)18(8-17-12)6-10(19)9-4-2-1-3-5-9/h1-5,7-8,10,19H,6H2,(H2,14,15,16)/p+1. The lowest BCUT2D eigenvalue weighted by Gasteiger charge is -2.10. The molecule has 0 aliphatic carbocycles. The maximum absolute atomic E-state index is 10.2. The molecule has 96 valence electrons. The average molecular weight is 256 g/mol. The highest BCUT2D eigenvalue weighted by molar-refractivity contribution is 5.78. The third kappa shape index (κ3) is 2.13. The maximum atomic E-state index is 10.2. The molecule has 4 N–H and O–H groups in total. The van der Waals surface area contributed by atoms with Gasteiger partial charge in [-0.25, -0.2) is 4.57 Å². The van der Waals surface area contributed by atoms with E-state index in [1.54, 1.807) is 17.2 Å². The summed E-state index contributed by atoms with van der Waals surface area (Å²) >= 11 is 0. The van der Waals surface area contributed by atoms with Crippen molar-refractivity contribution in [3.8, 4) is 0 Å². The molecule has 0 aliphatic heterocycles. The van der Waals surface area contributed by atoms with Gasteiger partial charge in [0.25, 0.3) is 5.65 Å². The number of nitrogens with zero attached hydrogens (tertiary/aromatic N) is 3. The molecule has 1 aromatic carbocycles. The van der Waals surface area contributed by atoms with Crippen molar-refractivity contribution in [3.05, 3.63) is 48.5 Å². The van der Waals surface area contributed by atoms with Crippen LogP contribution in [0.1, 0.15) is 11.7 Å². The van der Waals surface area contributed by atoms with Gasteiger partial charge in [-0.05, 0) is 5.56 Å². The molecule has 1 atom stereocenters. The lowest BCUT2D eigenvalue weighted by atomic mass is 10.1. The fraction of sp³-hybridized carbons (Fsp3) is 0.154. The van der Waals surface area contributed by atoms with Gasteiger partial charge in [0.05, 0.1) is 0 Å². The first-order chi connectivity index (χ1) is 9.25. The van der Waals surface area contributed by atoms with Crippen LogP contribution >= 0.6 is 0 Å². The fourth-order valence-electron chi connectivity index (χ4n) is 2.04. The zero-order valence-electron chi connectivity index (χ0n) is 10.2. The summed E-state index contributed by atoms with van der Waals surface area (Å²) in [4.78, 5) is 11.2. The smallest absolute Gasteiger partial charge is 0.293 e. The number of aliphatic hydroxyl groups excluding tert-OH is 1. The molecule has 6 heteroatoms. The number of nitrogens with two attached hydrogens (primary N) is 1. The summed E-state index contributed by atoms with van der Waals surface area (Å²) in [5.74, 6) is 0.401. The van der Waals surface area contributed by atoms with Crippen LogP contribution in [0.15, 0.2) is 43.0 Å². The number of hydrogen-bond acceptors (Lipinski definition) is 4. The van der Waals surface area contributed by atoms with Crippen molar-refractivity contribution in [1.82, 2.24) is 15.0 Å². The van der Waals surface area contributed by atoms with Gasteiger partial charge in [0.1, 0.15) is 12.6 Å². The van der Waals surface area contributed by atoms with E-state index in [1.807, 2.05) is 30.3 Å². The van der Waals surface area contributed by atoms with Crippen LogP contribution in [0.4, 0.5) is 5.82 Å². The van der Waals surface area contributed by atoms with Crippen molar-refractivity contribution in [2.45, 2.75) is 12.6 Å². The molecule has 2 aromatic heterocycles. The Morgan fingerprint density at radius 3 is 2.84 bits per heavy atom. The summed E-state index contributed by atoms with van der Waals surface area (Å²) in [5, 5.41) is 10.2. The van der Waals surface area contributed by atoms with Crippen LogP contribution in [0.5, 0.6) is 0 Å². The summed E-state index contributed by atoms with van der Waals surface area (Å²) in [5.41, 5.74) is 7.98. The Balaban J connectivity index is 1.94. The summed E-state index contributed by atoms with van der Waals surface area (Å²) in [6, 6.07) is 9.48. The highest BCUT2D eigenvalue weighted by Gasteiger charge is 2.17. The molecular weight excluding hydrogens is 242 g/mol. The quantitative estimate of drug-likeness (QED) is 0.597. The molecule has 3 aromatic rings. The highest BCUT2D eigenvalue weighted by atomic mass is 16.3. The van der Waals surface area contributed by atoms with Crippen molar-refractivity contribution in [2.75, 3.05) is 5.73 Å². The molecular formula is C13H14N5O+. The normalized spacial score (nSPS) is 12.7. The molecule has 0 amide bonds. The number of nitrogen functional groups attached to an aromatic ring is 1. The van der Waals surface area contributed by atoms with Gasteiger partial charge in [-0.15, -0.1) is 0 Å². The number of hydrogen-bond donors (Lipinski definition) is 3. The van der Waals surface area contributed by atoms with E-state index in [4.69, 9.17) is 5.73 Å². The summed E-state index contributed by atoms with van der Waals surface area (Å²) < 4.78 is 1.78. The zero-order valence-corrected chi connectivity index (χ0v) is 10.2. The van der Waals surface area contributed by atoms with E-state index in [2.05, 4.69) is 15.0 Å². The van der Waals surface area contributed by atoms with Crippen LogP contribution in [-0.2, 0) is 6.54 Å². The van der Waals surface area contributed by atoms with Gasteiger partial charge in [0, 0.05) is 0 Å². The van der Waals surface area contributed by atoms with Gasteiger partial charge in [-0.1, -0.05) is 40.3 Å². The van der Waals surface area contributed by atoms with Crippen molar-refractivity contribution < 1.29 is 9.67 Å². The fourth-order valence-corrected chi connectivity index (χ4v) is 2.04. The summed E-state index contributed by atoms with van der Waals surface area (Å²) in [6.45, 7) is 0.374. The summed E-state index contributed by atoms with van der Waals surface area (Å²) in [7, 11) is 0. The van der Waals surface area contributed by atoms with Crippen molar-refractivity contribution in [3.63, 3.8) is 0 Å². The first-order valence-corrected chi connectivity index (χ1v) is 5.95. The number of aromatic amines is 1. The molecule has 0 bridgehead atoms. The Kier molecular flexibility index (Phi) is 2.85. The van der Waals surface area contributed by atoms with E-state index in [1.165, 1.54) is 0 Å². The molecule has 6 nitrogen and oxygen atoms in total. The van der Waals surface area contributed by atoms with Crippen LogP contribution in [0.25, 0.3) is 11.2 Å². The first-order valence-electron chi connectivity index (χ1n) is 5.95. The second-order valence-corrected chi connectivity index (χ2v) is 4.31. The van der Waals surface area contributed by atoms with E-state index in [0.717, 1.165) is 5.56 Å². The van der Waals surface area contributed by atoms with Crippen molar-refractivity contribution in [1.29, 1.82) is 0 Å². The second kappa shape index (κ2) is 4.66. The van der Waals surface area contributed by atoms with Gasteiger partial charge in [0.2, 0.25) is 12.1 Å². The van der Waals surface area contributed by atoms with E-state index >= 15 is 0 Å². The zero-order chi connectivity index (χ0) is 13.2. The minimum absolute atomic E-state index is 0.374.